The molecule has 0 aliphatic carbocycles. The third kappa shape index (κ3) is 8.41. The molecule has 2 fully saturated rings. The second kappa shape index (κ2) is 13.7. The molecular formula is C24H42N6O. The summed E-state index contributed by atoms with van der Waals surface area (Å²) in [5, 5.41) is 6.97. The largest absolute Gasteiger partial charge is 0.379 e. The van der Waals surface area contributed by atoms with E-state index in [0.717, 1.165) is 51.9 Å². The molecule has 0 amide bonds. The lowest BCUT2D eigenvalue weighted by Gasteiger charge is -2.34. The van der Waals surface area contributed by atoms with Crippen molar-refractivity contribution in [2.75, 3.05) is 79.2 Å². The molecule has 31 heavy (non-hydrogen) atoms. The molecular weight excluding hydrogens is 388 g/mol. The predicted octanol–water partition coefficient (Wildman–Crippen LogP) is 1.60. The zero-order valence-electron chi connectivity index (χ0n) is 19.6. The second-order valence-corrected chi connectivity index (χ2v) is 8.49. The Morgan fingerprint density at radius 3 is 2.32 bits per heavy atom. The van der Waals surface area contributed by atoms with Gasteiger partial charge in [0.05, 0.1) is 13.2 Å². The van der Waals surface area contributed by atoms with Gasteiger partial charge in [-0.2, -0.15) is 0 Å². The van der Waals surface area contributed by atoms with E-state index in [1.165, 1.54) is 63.2 Å². The third-order valence-electron chi connectivity index (χ3n) is 6.39. The van der Waals surface area contributed by atoms with Gasteiger partial charge in [0, 0.05) is 66.0 Å². The average molecular weight is 431 g/mol. The summed E-state index contributed by atoms with van der Waals surface area (Å²) in [5.41, 5.74) is 2.72. The molecule has 1 aromatic carbocycles. The number of morpholine rings is 1. The van der Waals surface area contributed by atoms with Crippen LogP contribution in [0.2, 0.25) is 0 Å². The zero-order chi connectivity index (χ0) is 21.7. The van der Waals surface area contributed by atoms with Gasteiger partial charge in [-0.05, 0) is 37.1 Å². The normalized spacial score (nSPS) is 19.5. The second-order valence-electron chi connectivity index (χ2n) is 8.49. The number of hydrogen-bond acceptors (Lipinski definition) is 5. The van der Waals surface area contributed by atoms with Gasteiger partial charge in [-0.15, -0.1) is 0 Å². The number of nitrogens with one attached hydrogen (secondary N) is 2. The van der Waals surface area contributed by atoms with Crippen molar-refractivity contribution >= 4 is 5.96 Å². The third-order valence-corrected chi connectivity index (χ3v) is 6.39. The van der Waals surface area contributed by atoms with Crippen molar-refractivity contribution in [3.8, 4) is 0 Å². The number of nitrogens with zero attached hydrogens (tertiary/aromatic N) is 4. The van der Waals surface area contributed by atoms with Crippen molar-refractivity contribution in [2.24, 2.45) is 4.99 Å². The summed E-state index contributed by atoms with van der Waals surface area (Å²) in [4.78, 5) is 12.0. The summed E-state index contributed by atoms with van der Waals surface area (Å²) in [7, 11) is 1.85. The Labute approximate surface area is 188 Å². The van der Waals surface area contributed by atoms with Crippen molar-refractivity contribution in [1.29, 1.82) is 0 Å². The van der Waals surface area contributed by atoms with Crippen molar-refractivity contribution in [2.45, 2.75) is 32.9 Å². The van der Waals surface area contributed by atoms with E-state index in [-0.39, 0.29) is 0 Å². The van der Waals surface area contributed by atoms with Crippen molar-refractivity contribution < 1.29 is 4.74 Å². The van der Waals surface area contributed by atoms with Gasteiger partial charge in [0.15, 0.2) is 5.96 Å². The number of piperazine rings is 1. The summed E-state index contributed by atoms with van der Waals surface area (Å²) in [6.07, 6.45) is 2.40. The minimum atomic E-state index is 0.794. The topological polar surface area (TPSA) is 55.4 Å². The van der Waals surface area contributed by atoms with Gasteiger partial charge < -0.3 is 25.2 Å². The van der Waals surface area contributed by atoms with E-state index >= 15 is 0 Å². The first-order chi connectivity index (χ1) is 15.3. The first kappa shape index (κ1) is 24.0. The van der Waals surface area contributed by atoms with Gasteiger partial charge in [0.25, 0.3) is 0 Å². The maximum atomic E-state index is 5.48. The molecule has 7 heteroatoms. The molecule has 2 aliphatic heterocycles. The fourth-order valence-electron chi connectivity index (χ4n) is 4.28. The van der Waals surface area contributed by atoms with Crippen molar-refractivity contribution in [3.05, 3.63) is 35.4 Å². The Balaban J connectivity index is 1.33. The number of hydrogen-bond donors (Lipinski definition) is 2. The van der Waals surface area contributed by atoms with Gasteiger partial charge in [0.1, 0.15) is 0 Å². The molecule has 174 valence electrons. The van der Waals surface area contributed by atoms with Crippen LogP contribution in [0.4, 0.5) is 0 Å². The van der Waals surface area contributed by atoms with Crippen LogP contribution in [0.1, 0.15) is 30.9 Å². The molecule has 2 N–H and O–H groups in total. The van der Waals surface area contributed by atoms with Crippen LogP contribution in [0.25, 0.3) is 0 Å². The van der Waals surface area contributed by atoms with Gasteiger partial charge in [0.2, 0.25) is 0 Å². The summed E-state index contributed by atoms with van der Waals surface area (Å²) in [5.74, 6) is 0.887. The quantitative estimate of drug-likeness (QED) is 0.334. The lowest BCUT2D eigenvalue weighted by Crippen LogP contribution is -2.46. The highest BCUT2D eigenvalue weighted by Gasteiger charge is 2.15. The fraction of sp³-hybridized carbons (Fsp3) is 0.708. The number of unbranched alkanes of at least 4 members (excludes halogenated alkanes) is 1. The summed E-state index contributed by atoms with van der Waals surface area (Å²) < 4.78 is 5.48. The van der Waals surface area contributed by atoms with Crippen LogP contribution in [0, 0.1) is 0 Å². The SMILES string of the molecule is CCN1CCN(CCCCNC(=NC)NCc2ccccc2CN2CCOCC2)CC1. The smallest absolute Gasteiger partial charge is 0.191 e. The molecule has 0 spiro atoms. The summed E-state index contributed by atoms with van der Waals surface area (Å²) in [6.45, 7) is 16.0. The van der Waals surface area contributed by atoms with Crippen LogP contribution in [-0.4, -0.2) is 99.8 Å². The maximum Gasteiger partial charge on any atom is 0.191 e. The number of benzene rings is 1. The first-order valence-corrected chi connectivity index (χ1v) is 12.0. The van der Waals surface area contributed by atoms with E-state index in [4.69, 9.17) is 4.74 Å². The Morgan fingerprint density at radius 2 is 1.61 bits per heavy atom. The molecule has 0 bridgehead atoms. The van der Waals surface area contributed by atoms with Crippen molar-refractivity contribution in [1.82, 2.24) is 25.3 Å². The van der Waals surface area contributed by atoms with E-state index in [1.54, 1.807) is 0 Å². The molecule has 2 heterocycles. The van der Waals surface area contributed by atoms with E-state index in [1.807, 2.05) is 7.05 Å². The van der Waals surface area contributed by atoms with Crippen LogP contribution < -0.4 is 10.6 Å². The molecule has 0 radical (unpaired) electrons. The van der Waals surface area contributed by atoms with Gasteiger partial charge >= 0.3 is 0 Å². The van der Waals surface area contributed by atoms with E-state index in [2.05, 4.69) is 61.5 Å². The van der Waals surface area contributed by atoms with Crippen LogP contribution in [0.15, 0.2) is 29.3 Å². The summed E-state index contributed by atoms with van der Waals surface area (Å²) >= 11 is 0. The monoisotopic (exact) mass is 430 g/mol. The minimum absolute atomic E-state index is 0.794. The Morgan fingerprint density at radius 1 is 0.903 bits per heavy atom. The Bertz CT molecular complexity index is 653. The minimum Gasteiger partial charge on any atom is -0.379 e. The van der Waals surface area contributed by atoms with Crippen molar-refractivity contribution in [3.63, 3.8) is 0 Å². The van der Waals surface area contributed by atoms with E-state index in [0.29, 0.717) is 0 Å². The average Bonchev–Trinajstić information content (AvgIpc) is 2.83. The Hall–Kier alpha value is -1.67. The zero-order valence-corrected chi connectivity index (χ0v) is 19.6. The highest BCUT2D eigenvalue weighted by molar-refractivity contribution is 5.79. The number of guanidine groups is 1. The highest BCUT2D eigenvalue weighted by Crippen LogP contribution is 2.13. The molecule has 0 saturated carbocycles. The number of aliphatic imine (C=N–C) groups is 1. The standard InChI is InChI=1S/C24H42N6O/c1-3-28-12-14-29(15-13-28)11-7-6-10-26-24(25-2)27-20-22-8-4-5-9-23(22)21-30-16-18-31-19-17-30/h4-5,8-9H,3,6-7,10-21H2,1-2H3,(H2,25,26,27). The van der Waals surface area contributed by atoms with E-state index < -0.39 is 0 Å². The Kier molecular flexibility index (Phi) is 10.6. The first-order valence-electron chi connectivity index (χ1n) is 12.0. The predicted molar refractivity (Wildman–Crippen MR) is 129 cm³/mol. The molecule has 3 rings (SSSR count). The molecule has 0 aromatic heterocycles. The highest BCUT2D eigenvalue weighted by atomic mass is 16.5. The van der Waals surface area contributed by atoms with Crippen LogP contribution >= 0.6 is 0 Å². The van der Waals surface area contributed by atoms with Crippen LogP contribution in [0.3, 0.4) is 0 Å². The van der Waals surface area contributed by atoms with E-state index in [9.17, 15) is 0 Å². The number of ether oxygens (including phenoxy) is 1. The number of likely N-dealkylation sites (N-methyl/N-ethyl adjacent to an activating group) is 1. The molecule has 2 saturated heterocycles. The maximum absolute atomic E-state index is 5.48. The molecule has 0 unspecified atom stereocenters. The number of rotatable bonds is 10. The van der Waals surface area contributed by atoms with Crippen LogP contribution in [-0.2, 0) is 17.8 Å². The van der Waals surface area contributed by atoms with Gasteiger partial charge in [-0.1, -0.05) is 31.2 Å². The summed E-state index contributed by atoms with van der Waals surface area (Å²) in [6, 6.07) is 8.71. The molecule has 0 atom stereocenters. The fourth-order valence-corrected chi connectivity index (χ4v) is 4.28. The van der Waals surface area contributed by atoms with Gasteiger partial charge in [-0.25, -0.2) is 0 Å². The van der Waals surface area contributed by atoms with Gasteiger partial charge in [-0.3, -0.25) is 9.89 Å². The molecule has 7 nitrogen and oxygen atoms in total. The lowest BCUT2D eigenvalue weighted by atomic mass is 10.1. The van der Waals surface area contributed by atoms with Crippen LogP contribution in [0.5, 0.6) is 0 Å². The molecule has 2 aliphatic rings. The lowest BCUT2D eigenvalue weighted by molar-refractivity contribution is 0.0341. The molecule has 1 aromatic rings.